The number of likely N-dealkylation sites (tertiary alicyclic amines) is 1. The summed E-state index contributed by atoms with van der Waals surface area (Å²) in [6.07, 6.45) is 0.953. The Kier molecular flexibility index (Phi) is 3.41. The average molecular weight is 339 g/mol. The molecule has 6 heteroatoms. The van der Waals surface area contributed by atoms with E-state index in [1.165, 1.54) is 4.90 Å². The van der Waals surface area contributed by atoms with Crippen molar-refractivity contribution in [2.24, 2.45) is 5.92 Å². The van der Waals surface area contributed by atoms with Crippen LogP contribution in [0.2, 0.25) is 0 Å². The van der Waals surface area contributed by atoms with Crippen LogP contribution >= 0.6 is 15.9 Å². The maximum Gasteiger partial charge on any atom is 0.407 e. The molecule has 2 N–H and O–H groups in total. The second kappa shape index (κ2) is 5.09. The molecule has 5 nitrogen and oxygen atoms in total. The highest BCUT2D eigenvalue weighted by atomic mass is 79.9. The molecule has 1 aliphatic heterocycles. The standard InChI is InChI=1S/C14H15BrN2O3/c15-10-3-1-2-8(4-10)13(18)16-7-11-5-9-6-12(9)17(11)14(19)20/h1-4,9,11-12H,5-7H2,(H,16,18)(H,19,20)/t9-,11+,12+/m1/s1. The second-order valence-corrected chi connectivity index (χ2v) is 6.28. The van der Waals surface area contributed by atoms with Gasteiger partial charge in [-0.15, -0.1) is 0 Å². The van der Waals surface area contributed by atoms with Gasteiger partial charge in [0.05, 0.1) is 6.04 Å². The molecule has 1 aromatic rings. The topological polar surface area (TPSA) is 69.6 Å². The van der Waals surface area contributed by atoms with Gasteiger partial charge in [-0.3, -0.25) is 4.79 Å². The van der Waals surface area contributed by atoms with E-state index in [1.54, 1.807) is 18.2 Å². The highest BCUT2D eigenvalue weighted by Crippen LogP contribution is 2.47. The summed E-state index contributed by atoms with van der Waals surface area (Å²) in [5.41, 5.74) is 0.574. The summed E-state index contributed by atoms with van der Waals surface area (Å²) in [5.74, 6) is 0.330. The molecule has 0 spiro atoms. The van der Waals surface area contributed by atoms with Gasteiger partial charge in [-0.05, 0) is 37.0 Å². The minimum absolute atomic E-state index is 0.0904. The van der Waals surface area contributed by atoms with E-state index in [0.717, 1.165) is 17.3 Å². The van der Waals surface area contributed by atoms with Gasteiger partial charge in [0.15, 0.2) is 0 Å². The van der Waals surface area contributed by atoms with Crippen molar-refractivity contribution in [2.45, 2.75) is 24.9 Å². The number of piperidine rings is 1. The van der Waals surface area contributed by atoms with Crippen LogP contribution in [0, 0.1) is 5.92 Å². The largest absolute Gasteiger partial charge is 0.465 e. The minimum atomic E-state index is -0.878. The van der Waals surface area contributed by atoms with Crippen molar-refractivity contribution in [1.82, 2.24) is 10.2 Å². The van der Waals surface area contributed by atoms with Crippen LogP contribution in [0.5, 0.6) is 0 Å². The third-order valence-electron chi connectivity index (χ3n) is 4.02. The van der Waals surface area contributed by atoms with Crippen LogP contribution in [0.4, 0.5) is 4.79 Å². The second-order valence-electron chi connectivity index (χ2n) is 5.36. The molecule has 0 aromatic heterocycles. The number of carboxylic acid groups (broad SMARTS) is 1. The summed E-state index contributed by atoms with van der Waals surface area (Å²) in [4.78, 5) is 24.7. The molecule has 0 bridgehead atoms. The highest BCUT2D eigenvalue weighted by Gasteiger charge is 2.54. The third kappa shape index (κ3) is 2.52. The quantitative estimate of drug-likeness (QED) is 0.888. The number of hydrogen-bond donors (Lipinski definition) is 2. The Morgan fingerprint density at radius 3 is 2.90 bits per heavy atom. The lowest BCUT2D eigenvalue weighted by Crippen LogP contribution is -2.44. The van der Waals surface area contributed by atoms with Gasteiger partial charge in [0.1, 0.15) is 0 Å². The van der Waals surface area contributed by atoms with Crippen LogP contribution in [0.1, 0.15) is 23.2 Å². The number of nitrogens with zero attached hydrogens (tertiary/aromatic N) is 1. The van der Waals surface area contributed by atoms with E-state index in [9.17, 15) is 14.7 Å². The van der Waals surface area contributed by atoms with Gasteiger partial charge < -0.3 is 15.3 Å². The van der Waals surface area contributed by atoms with Crippen LogP contribution in [-0.4, -0.2) is 40.6 Å². The number of benzene rings is 1. The van der Waals surface area contributed by atoms with Crippen molar-refractivity contribution in [3.63, 3.8) is 0 Å². The molecule has 20 heavy (non-hydrogen) atoms. The molecule has 2 fully saturated rings. The lowest BCUT2D eigenvalue weighted by Gasteiger charge is -2.24. The van der Waals surface area contributed by atoms with Gasteiger partial charge >= 0.3 is 6.09 Å². The molecule has 3 rings (SSSR count). The van der Waals surface area contributed by atoms with E-state index < -0.39 is 6.09 Å². The Labute approximate surface area is 125 Å². The van der Waals surface area contributed by atoms with Crippen LogP contribution in [0.15, 0.2) is 28.7 Å². The van der Waals surface area contributed by atoms with E-state index in [-0.39, 0.29) is 18.0 Å². The number of nitrogens with one attached hydrogen (secondary N) is 1. The average Bonchev–Trinajstić information content (AvgIpc) is 3.06. The summed E-state index contributed by atoms with van der Waals surface area (Å²) >= 11 is 3.32. The van der Waals surface area contributed by atoms with E-state index in [2.05, 4.69) is 21.2 Å². The van der Waals surface area contributed by atoms with Crippen LogP contribution in [0.25, 0.3) is 0 Å². The number of halogens is 1. The molecule has 1 aliphatic carbocycles. The lowest BCUT2D eigenvalue weighted by molar-refractivity contribution is 0.0926. The van der Waals surface area contributed by atoms with Crippen molar-refractivity contribution in [3.8, 4) is 0 Å². The Morgan fingerprint density at radius 1 is 1.40 bits per heavy atom. The fraction of sp³-hybridized carbons (Fsp3) is 0.429. The van der Waals surface area contributed by atoms with Gasteiger partial charge in [-0.25, -0.2) is 4.79 Å². The molecular formula is C14H15BrN2O3. The molecule has 1 heterocycles. The van der Waals surface area contributed by atoms with E-state index in [4.69, 9.17) is 0 Å². The van der Waals surface area contributed by atoms with Gasteiger partial charge in [-0.1, -0.05) is 22.0 Å². The predicted molar refractivity (Wildman–Crippen MR) is 76.6 cm³/mol. The summed E-state index contributed by atoms with van der Waals surface area (Å²) in [7, 11) is 0. The molecule has 1 aromatic carbocycles. The first-order valence-corrected chi connectivity index (χ1v) is 7.40. The van der Waals surface area contributed by atoms with Crippen LogP contribution < -0.4 is 5.32 Å². The van der Waals surface area contributed by atoms with Crippen molar-refractivity contribution >= 4 is 27.9 Å². The molecule has 0 radical (unpaired) electrons. The molecular weight excluding hydrogens is 324 g/mol. The van der Waals surface area contributed by atoms with Crippen LogP contribution in [-0.2, 0) is 0 Å². The van der Waals surface area contributed by atoms with E-state index >= 15 is 0 Å². The minimum Gasteiger partial charge on any atom is -0.465 e. The Balaban J connectivity index is 1.59. The molecule has 3 atom stereocenters. The van der Waals surface area contributed by atoms with Crippen molar-refractivity contribution < 1.29 is 14.7 Å². The zero-order chi connectivity index (χ0) is 14.3. The van der Waals surface area contributed by atoms with Crippen LogP contribution in [0.3, 0.4) is 0 Å². The Hall–Kier alpha value is -1.56. The monoisotopic (exact) mass is 338 g/mol. The molecule has 1 saturated heterocycles. The first-order chi connectivity index (χ1) is 9.56. The Morgan fingerprint density at radius 2 is 2.20 bits per heavy atom. The van der Waals surface area contributed by atoms with Crippen molar-refractivity contribution in [1.29, 1.82) is 0 Å². The zero-order valence-electron chi connectivity index (χ0n) is 10.8. The number of rotatable bonds is 3. The van der Waals surface area contributed by atoms with Gasteiger partial charge in [-0.2, -0.15) is 0 Å². The normalized spacial score (nSPS) is 27.1. The molecule has 0 unspecified atom stereocenters. The smallest absolute Gasteiger partial charge is 0.407 e. The van der Waals surface area contributed by atoms with Gasteiger partial charge in [0.25, 0.3) is 5.91 Å². The number of amides is 2. The van der Waals surface area contributed by atoms with E-state index in [1.807, 2.05) is 6.07 Å². The SMILES string of the molecule is O=C(NC[C@@H]1C[C@@H]2C[C@@H]2N1C(=O)O)c1cccc(Br)c1. The zero-order valence-corrected chi connectivity index (χ0v) is 12.3. The first-order valence-electron chi connectivity index (χ1n) is 6.61. The Bertz CT molecular complexity index is 563. The summed E-state index contributed by atoms with van der Waals surface area (Å²) in [6, 6.07) is 7.23. The predicted octanol–water partition coefficient (Wildman–Crippen LogP) is 2.32. The van der Waals surface area contributed by atoms with Crippen molar-refractivity contribution in [2.75, 3.05) is 6.54 Å². The summed E-state index contributed by atoms with van der Waals surface area (Å²) in [6.45, 7) is 0.380. The fourth-order valence-corrected chi connectivity index (χ4v) is 3.38. The number of carbonyl (C=O) groups is 2. The number of hydrogen-bond acceptors (Lipinski definition) is 2. The highest BCUT2D eigenvalue weighted by molar-refractivity contribution is 9.10. The maximum absolute atomic E-state index is 12.0. The first kappa shape index (κ1) is 13.4. The number of fused-ring (bicyclic) bond motifs is 1. The molecule has 106 valence electrons. The van der Waals surface area contributed by atoms with Gasteiger partial charge in [0, 0.05) is 22.6 Å². The van der Waals surface area contributed by atoms with Crippen molar-refractivity contribution in [3.05, 3.63) is 34.3 Å². The third-order valence-corrected chi connectivity index (χ3v) is 4.51. The molecule has 2 aliphatic rings. The fourth-order valence-electron chi connectivity index (χ4n) is 2.98. The molecule has 2 amide bonds. The maximum atomic E-state index is 12.0. The summed E-state index contributed by atoms with van der Waals surface area (Å²) < 4.78 is 0.847. The number of carbonyl (C=O) groups excluding carboxylic acids is 1. The van der Waals surface area contributed by atoms with E-state index in [0.29, 0.717) is 18.0 Å². The molecule has 1 saturated carbocycles. The summed E-state index contributed by atoms with van der Waals surface area (Å²) in [5, 5.41) is 12.0. The van der Waals surface area contributed by atoms with Gasteiger partial charge in [0.2, 0.25) is 0 Å². The lowest BCUT2D eigenvalue weighted by atomic mass is 10.1.